The summed E-state index contributed by atoms with van der Waals surface area (Å²) in [4.78, 5) is 16.0. The van der Waals surface area contributed by atoms with E-state index in [-0.39, 0.29) is 17.9 Å². The highest BCUT2D eigenvalue weighted by molar-refractivity contribution is 7.90. The summed E-state index contributed by atoms with van der Waals surface area (Å²) < 4.78 is 63.5. The summed E-state index contributed by atoms with van der Waals surface area (Å²) in [5.74, 6) is -2.16. The molecule has 2 heterocycles. The largest absolute Gasteiger partial charge is 0.490 e. The van der Waals surface area contributed by atoms with Gasteiger partial charge in [0.05, 0.1) is 30.5 Å². The Kier molecular flexibility index (Phi) is 10.2. The van der Waals surface area contributed by atoms with Crippen molar-refractivity contribution in [2.45, 2.75) is 62.4 Å². The molecule has 4 rings (SSSR count). The van der Waals surface area contributed by atoms with Gasteiger partial charge in [-0.1, -0.05) is 23.7 Å². The number of aromatic nitrogens is 2. The molecular formula is C25H33ClF3N3O5S. The first-order valence-corrected chi connectivity index (χ1v) is 14.7. The number of carbonyl (C=O) groups is 1. The number of ether oxygens (including phenoxy) is 1. The lowest BCUT2D eigenvalue weighted by atomic mass is 9.82. The van der Waals surface area contributed by atoms with Gasteiger partial charge in [0, 0.05) is 49.1 Å². The number of rotatable bonds is 6. The molecule has 2 aliphatic rings. The second-order valence-electron chi connectivity index (χ2n) is 10.0. The van der Waals surface area contributed by atoms with E-state index in [1.165, 1.54) is 17.5 Å². The van der Waals surface area contributed by atoms with E-state index in [1.54, 1.807) is 0 Å². The number of sulfone groups is 1. The van der Waals surface area contributed by atoms with Crippen LogP contribution in [0.4, 0.5) is 13.2 Å². The number of aryl methyl sites for hydroxylation is 1. The standard InChI is InChI=1S/C23H32ClN3O3S.C2HF3O2/c1-26-13-23(25-16-26)18-5-9-20(10-6-18)27-12-22(15-31(2,28)29)30-14-21(27)11-17-3-7-19(24)8-4-17;3-2(4,5)1(6)7/h3-4,7-8,13,16,18,20-22H,5-6,9-12,14-15H2,1-2H3;(H,6,7)/t18?,20?,21-,22+;/m0./s1. The number of imidazole rings is 1. The van der Waals surface area contributed by atoms with Crippen molar-refractivity contribution in [2.75, 3.05) is 25.2 Å². The Hall–Kier alpha value is -2.15. The topological polar surface area (TPSA) is 102 Å². The van der Waals surface area contributed by atoms with E-state index in [0.717, 1.165) is 37.1 Å². The molecule has 1 aliphatic carbocycles. The number of nitrogens with zero attached hydrogens (tertiary/aromatic N) is 3. The van der Waals surface area contributed by atoms with Gasteiger partial charge in [-0.05, 0) is 49.8 Å². The molecule has 212 valence electrons. The number of morpholine rings is 1. The Morgan fingerprint density at radius 3 is 2.29 bits per heavy atom. The molecule has 2 atom stereocenters. The lowest BCUT2D eigenvalue weighted by Gasteiger charge is -2.46. The molecule has 1 aromatic carbocycles. The third-order valence-corrected chi connectivity index (χ3v) is 8.06. The molecule has 1 saturated carbocycles. The quantitative estimate of drug-likeness (QED) is 0.550. The number of hydrogen-bond acceptors (Lipinski definition) is 6. The third kappa shape index (κ3) is 9.25. The summed E-state index contributed by atoms with van der Waals surface area (Å²) in [7, 11) is -1.07. The zero-order valence-corrected chi connectivity index (χ0v) is 22.8. The highest BCUT2D eigenvalue weighted by Gasteiger charge is 2.38. The SMILES string of the molecule is Cn1cnc(C2CCC(N3C[C@H](CS(C)(=O)=O)OC[C@@H]3Cc3ccc(Cl)cc3)CC2)c1.O=C(O)C(F)(F)F. The van der Waals surface area contributed by atoms with E-state index in [9.17, 15) is 21.6 Å². The number of carboxylic acids is 1. The molecule has 0 unspecified atom stereocenters. The molecule has 0 spiro atoms. The van der Waals surface area contributed by atoms with Crippen LogP contribution in [0.15, 0.2) is 36.8 Å². The van der Waals surface area contributed by atoms with E-state index in [4.69, 9.17) is 26.2 Å². The van der Waals surface area contributed by atoms with E-state index in [1.807, 2.05) is 30.1 Å². The zero-order valence-electron chi connectivity index (χ0n) is 21.3. The highest BCUT2D eigenvalue weighted by Crippen LogP contribution is 2.36. The third-order valence-electron chi connectivity index (χ3n) is 6.83. The average molecular weight is 580 g/mol. The van der Waals surface area contributed by atoms with E-state index in [2.05, 4.69) is 28.2 Å². The molecule has 13 heteroatoms. The lowest BCUT2D eigenvalue weighted by molar-refractivity contribution is -0.192. The second kappa shape index (κ2) is 12.8. The maximum Gasteiger partial charge on any atom is 0.490 e. The van der Waals surface area contributed by atoms with Gasteiger partial charge in [0.25, 0.3) is 0 Å². The fraction of sp³-hybridized carbons (Fsp3) is 0.600. The predicted molar refractivity (Wildman–Crippen MR) is 137 cm³/mol. The Balaban J connectivity index is 0.000000505. The maximum atomic E-state index is 11.9. The first-order chi connectivity index (χ1) is 17.7. The Bertz CT molecular complexity index is 1170. The van der Waals surface area contributed by atoms with Crippen LogP contribution >= 0.6 is 11.6 Å². The van der Waals surface area contributed by atoms with Gasteiger partial charge in [0.15, 0.2) is 0 Å². The normalized spacial score (nSPS) is 24.9. The molecule has 1 aliphatic heterocycles. The van der Waals surface area contributed by atoms with Crippen LogP contribution in [0.25, 0.3) is 0 Å². The minimum atomic E-state index is -5.08. The molecule has 38 heavy (non-hydrogen) atoms. The van der Waals surface area contributed by atoms with Crippen molar-refractivity contribution in [3.63, 3.8) is 0 Å². The van der Waals surface area contributed by atoms with Gasteiger partial charge >= 0.3 is 12.1 Å². The monoisotopic (exact) mass is 579 g/mol. The number of hydrogen-bond donors (Lipinski definition) is 1. The van der Waals surface area contributed by atoms with E-state index in [0.29, 0.717) is 25.1 Å². The molecule has 8 nitrogen and oxygen atoms in total. The van der Waals surface area contributed by atoms with Crippen LogP contribution in [-0.4, -0.2) is 83.5 Å². The van der Waals surface area contributed by atoms with Crippen molar-refractivity contribution >= 4 is 27.4 Å². The number of carboxylic acid groups (broad SMARTS) is 1. The fourth-order valence-corrected chi connectivity index (χ4v) is 6.08. The van der Waals surface area contributed by atoms with Crippen molar-refractivity contribution in [1.82, 2.24) is 14.5 Å². The van der Waals surface area contributed by atoms with Crippen molar-refractivity contribution in [3.8, 4) is 0 Å². The first kappa shape index (κ1) is 30.4. The second-order valence-corrected chi connectivity index (χ2v) is 12.6. The molecule has 1 saturated heterocycles. The van der Waals surface area contributed by atoms with Gasteiger partial charge in [-0.2, -0.15) is 13.2 Å². The van der Waals surface area contributed by atoms with Crippen LogP contribution in [0, 0.1) is 0 Å². The van der Waals surface area contributed by atoms with Crippen molar-refractivity contribution < 1.29 is 36.2 Å². The first-order valence-electron chi connectivity index (χ1n) is 12.3. The molecule has 0 radical (unpaired) electrons. The molecule has 2 fully saturated rings. The van der Waals surface area contributed by atoms with Gasteiger partial charge < -0.3 is 14.4 Å². The molecule has 0 amide bonds. The van der Waals surface area contributed by atoms with Crippen LogP contribution in [0.1, 0.15) is 42.9 Å². The summed E-state index contributed by atoms with van der Waals surface area (Å²) in [6, 6.07) is 8.68. The van der Waals surface area contributed by atoms with Gasteiger partial charge in [0.2, 0.25) is 0 Å². The smallest absolute Gasteiger partial charge is 0.475 e. The average Bonchev–Trinajstić information content (AvgIpc) is 3.27. The molecule has 1 aromatic heterocycles. The van der Waals surface area contributed by atoms with E-state index < -0.39 is 22.0 Å². The summed E-state index contributed by atoms with van der Waals surface area (Å²) in [5.41, 5.74) is 2.42. The van der Waals surface area contributed by atoms with Gasteiger partial charge in [-0.25, -0.2) is 18.2 Å². The van der Waals surface area contributed by atoms with Gasteiger partial charge in [-0.15, -0.1) is 0 Å². The number of alkyl halides is 3. The van der Waals surface area contributed by atoms with Crippen LogP contribution in [0.3, 0.4) is 0 Å². The van der Waals surface area contributed by atoms with Gasteiger partial charge in [-0.3, -0.25) is 4.90 Å². The summed E-state index contributed by atoms with van der Waals surface area (Å²) in [6.45, 7) is 1.23. The fourth-order valence-electron chi connectivity index (χ4n) is 5.08. The minimum Gasteiger partial charge on any atom is -0.475 e. The summed E-state index contributed by atoms with van der Waals surface area (Å²) >= 11 is 6.05. The Labute approximate surface area is 225 Å². The van der Waals surface area contributed by atoms with Crippen LogP contribution in [-0.2, 0) is 32.8 Å². The summed E-state index contributed by atoms with van der Waals surface area (Å²) in [6.07, 6.45) is 5.26. The predicted octanol–water partition coefficient (Wildman–Crippen LogP) is 4.09. The Morgan fingerprint density at radius 2 is 1.79 bits per heavy atom. The number of halogens is 4. The van der Waals surface area contributed by atoms with Crippen LogP contribution < -0.4 is 0 Å². The maximum absolute atomic E-state index is 11.9. The van der Waals surface area contributed by atoms with Crippen molar-refractivity contribution in [3.05, 3.63) is 53.1 Å². The van der Waals surface area contributed by atoms with Crippen LogP contribution in [0.5, 0.6) is 0 Å². The van der Waals surface area contributed by atoms with Crippen molar-refractivity contribution in [2.24, 2.45) is 7.05 Å². The summed E-state index contributed by atoms with van der Waals surface area (Å²) in [5, 5.41) is 7.86. The molecule has 2 aromatic rings. The van der Waals surface area contributed by atoms with E-state index >= 15 is 0 Å². The lowest BCUT2D eigenvalue weighted by Crippen LogP contribution is -2.56. The molecule has 1 N–H and O–H groups in total. The number of benzene rings is 1. The highest BCUT2D eigenvalue weighted by atomic mass is 35.5. The van der Waals surface area contributed by atoms with Crippen molar-refractivity contribution in [1.29, 1.82) is 0 Å². The van der Waals surface area contributed by atoms with Gasteiger partial charge in [0.1, 0.15) is 9.84 Å². The zero-order chi connectivity index (χ0) is 28.1. The minimum absolute atomic E-state index is 0.0838. The molecule has 0 bridgehead atoms. The molecular weight excluding hydrogens is 547 g/mol. The Morgan fingerprint density at radius 1 is 1.18 bits per heavy atom. The van der Waals surface area contributed by atoms with Crippen LogP contribution in [0.2, 0.25) is 5.02 Å². The number of aliphatic carboxylic acids is 1.